The van der Waals surface area contributed by atoms with Gasteiger partial charge in [0.25, 0.3) is 5.56 Å². The number of ketones is 1. The lowest BCUT2D eigenvalue weighted by Crippen LogP contribution is -2.23. The first-order valence-corrected chi connectivity index (χ1v) is 12.6. The molecule has 2 aromatic carbocycles. The van der Waals surface area contributed by atoms with Crippen LogP contribution in [-0.2, 0) is 0 Å². The van der Waals surface area contributed by atoms with Crippen molar-refractivity contribution in [2.75, 3.05) is 27.1 Å². The molecule has 4 aromatic rings. The van der Waals surface area contributed by atoms with Gasteiger partial charge in [-0.05, 0) is 56.2 Å². The van der Waals surface area contributed by atoms with Gasteiger partial charge >= 0.3 is 0 Å². The smallest absolute Gasteiger partial charge is 0.267 e. The van der Waals surface area contributed by atoms with Gasteiger partial charge in [0.05, 0.1) is 43.7 Å². The first kappa shape index (κ1) is 24.8. The Balaban J connectivity index is 1.82. The predicted octanol–water partition coefficient (Wildman–Crippen LogP) is 5.37. The fourth-order valence-electron chi connectivity index (χ4n) is 3.80. The summed E-state index contributed by atoms with van der Waals surface area (Å²) in [4.78, 5) is 33.5. The summed E-state index contributed by atoms with van der Waals surface area (Å²) >= 11 is 2.69. The minimum atomic E-state index is -0.183. The molecule has 0 aliphatic rings. The van der Waals surface area contributed by atoms with Gasteiger partial charge in [-0.15, -0.1) is 11.3 Å². The molecule has 35 heavy (non-hydrogen) atoms. The van der Waals surface area contributed by atoms with Crippen LogP contribution in [0.3, 0.4) is 0 Å². The van der Waals surface area contributed by atoms with Crippen molar-refractivity contribution in [2.45, 2.75) is 25.9 Å². The normalized spacial score (nSPS) is 11.0. The molecule has 2 heterocycles. The van der Waals surface area contributed by atoms with Gasteiger partial charge in [-0.3, -0.25) is 14.2 Å². The van der Waals surface area contributed by atoms with Crippen LogP contribution in [0.15, 0.2) is 46.3 Å². The molecule has 0 saturated heterocycles. The third-order valence-corrected chi connectivity index (χ3v) is 7.83. The molecule has 7 nitrogen and oxygen atoms in total. The van der Waals surface area contributed by atoms with Gasteiger partial charge in [0.2, 0.25) is 0 Å². The number of Topliss-reactive ketones (excluding diaryl/α,β-unsaturated/α-hetero) is 1. The zero-order chi connectivity index (χ0) is 25.3. The highest BCUT2D eigenvalue weighted by atomic mass is 32.2. The SMILES string of the molecule is COc1ccc(C(=O)CSc2nc3sc(C)c(C)c3c(=O)n2-c2cc(C)ccc2OC)c(OC)c1. The third-order valence-electron chi connectivity index (χ3n) is 5.79. The number of nitrogens with zero attached hydrogens (tertiary/aromatic N) is 2. The van der Waals surface area contributed by atoms with Gasteiger partial charge in [-0.2, -0.15) is 0 Å². The Kier molecular flexibility index (Phi) is 7.18. The first-order valence-electron chi connectivity index (χ1n) is 10.8. The number of carbonyl (C=O) groups excluding carboxylic acids is 1. The van der Waals surface area contributed by atoms with E-state index in [2.05, 4.69) is 0 Å². The highest BCUT2D eigenvalue weighted by Gasteiger charge is 2.22. The summed E-state index contributed by atoms with van der Waals surface area (Å²) in [5.74, 6) is 1.50. The Morgan fingerprint density at radius 1 is 1.00 bits per heavy atom. The first-order chi connectivity index (χ1) is 16.8. The maximum absolute atomic E-state index is 13.8. The molecule has 0 bridgehead atoms. The molecule has 182 valence electrons. The summed E-state index contributed by atoms with van der Waals surface area (Å²) in [6.07, 6.45) is 0. The molecule has 0 amide bonds. The average molecular weight is 511 g/mol. The van der Waals surface area contributed by atoms with E-state index < -0.39 is 0 Å². The van der Waals surface area contributed by atoms with Gasteiger partial charge in [0, 0.05) is 10.9 Å². The van der Waals surface area contributed by atoms with Gasteiger partial charge in [0.15, 0.2) is 10.9 Å². The number of hydrogen-bond donors (Lipinski definition) is 0. The van der Waals surface area contributed by atoms with E-state index in [1.54, 1.807) is 37.0 Å². The number of rotatable bonds is 8. The second-order valence-electron chi connectivity index (χ2n) is 7.95. The number of thioether (sulfide) groups is 1. The lowest BCUT2D eigenvalue weighted by Gasteiger charge is -2.16. The number of aromatic nitrogens is 2. The van der Waals surface area contributed by atoms with E-state index in [0.717, 1.165) is 16.0 Å². The predicted molar refractivity (Wildman–Crippen MR) is 141 cm³/mol. The largest absolute Gasteiger partial charge is 0.497 e. The number of ether oxygens (including phenoxy) is 3. The molecule has 0 N–H and O–H groups in total. The van der Waals surface area contributed by atoms with Crippen LogP contribution < -0.4 is 19.8 Å². The lowest BCUT2D eigenvalue weighted by atomic mass is 10.1. The molecule has 0 unspecified atom stereocenters. The van der Waals surface area contributed by atoms with Crippen LogP contribution in [-0.4, -0.2) is 42.4 Å². The van der Waals surface area contributed by atoms with Crippen molar-refractivity contribution in [1.29, 1.82) is 0 Å². The summed E-state index contributed by atoms with van der Waals surface area (Å²) in [6.45, 7) is 5.86. The highest BCUT2D eigenvalue weighted by molar-refractivity contribution is 7.99. The summed E-state index contributed by atoms with van der Waals surface area (Å²) in [6, 6.07) is 10.7. The molecule has 4 rings (SSSR count). The lowest BCUT2D eigenvalue weighted by molar-refractivity contribution is 0.101. The Labute approximate surface area is 211 Å². The molecule has 0 fully saturated rings. The molecular formula is C26H26N2O5S2. The van der Waals surface area contributed by atoms with Crippen LogP contribution >= 0.6 is 23.1 Å². The minimum Gasteiger partial charge on any atom is -0.497 e. The van der Waals surface area contributed by atoms with Crippen LogP contribution in [0.4, 0.5) is 0 Å². The molecule has 0 spiro atoms. The number of fused-ring (bicyclic) bond motifs is 1. The maximum atomic E-state index is 13.8. The fraction of sp³-hybridized carbons (Fsp3) is 0.269. The monoisotopic (exact) mass is 510 g/mol. The van der Waals surface area contributed by atoms with Crippen molar-refractivity contribution >= 4 is 39.1 Å². The number of carbonyl (C=O) groups is 1. The Morgan fingerprint density at radius 2 is 1.74 bits per heavy atom. The number of methoxy groups -OCH3 is 3. The van der Waals surface area contributed by atoms with E-state index in [0.29, 0.717) is 43.9 Å². The van der Waals surface area contributed by atoms with E-state index in [1.807, 2.05) is 39.0 Å². The Hall–Kier alpha value is -3.30. The summed E-state index contributed by atoms with van der Waals surface area (Å²) < 4.78 is 17.7. The van der Waals surface area contributed by atoms with E-state index in [-0.39, 0.29) is 17.1 Å². The molecular weight excluding hydrogens is 484 g/mol. The highest BCUT2D eigenvalue weighted by Crippen LogP contribution is 2.33. The van der Waals surface area contributed by atoms with E-state index in [1.165, 1.54) is 30.2 Å². The quantitative estimate of drug-likeness (QED) is 0.179. The van der Waals surface area contributed by atoms with Gasteiger partial charge in [-0.25, -0.2) is 4.98 Å². The fourth-order valence-corrected chi connectivity index (χ4v) is 5.76. The van der Waals surface area contributed by atoms with Crippen molar-refractivity contribution in [3.8, 4) is 22.9 Å². The number of benzene rings is 2. The Morgan fingerprint density at radius 3 is 2.43 bits per heavy atom. The van der Waals surface area contributed by atoms with Crippen LogP contribution in [0.1, 0.15) is 26.4 Å². The maximum Gasteiger partial charge on any atom is 0.267 e. The third kappa shape index (κ3) is 4.66. The van der Waals surface area contributed by atoms with Crippen molar-refractivity contribution < 1.29 is 19.0 Å². The summed E-state index contributed by atoms with van der Waals surface area (Å²) in [7, 11) is 4.63. The Bertz CT molecular complexity index is 1490. The zero-order valence-electron chi connectivity index (χ0n) is 20.4. The van der Waals surface area contributed by atoms with Crippen LogP contribution in [0.5, 0.6) is 17.2 Å². The second-order valence-corrected chi connectivity index (χ2v) is 10.1. The number of thiophene rings is 1. The molecule has 0 aliphatic heterocycles. The molecule has 0 atom stereocenters. The number of hydrogen-bond acceptors (Lipinski definition) is 8. The topological polar surface area (TPSA) is 79.7 Å². The standard InChI is InChI=1S/C26H26N2O5S2/c1-14-7-10-21(32-5)19(11-14)28-25(30)23-15(2)16(3)35-24(23)27-26(28)34-13-20(29)18-9-8-17(31-4)12-22(18)33-6/h7-12H,13H2,1-6H3. The van der Waals surface area contributed by atoms with Crippen LogP contribution in [0, 0.1) is 20.8 Å². The van der Waals surface area contributed by atoms with Crippen molar-refractivity contribution in [3.05, 3.63) is 68.3 Å². The average Bonchev–Trinajstić information content (AvgIpc) is 3.15. The van der Waals surface area contributed by atoms with Gasteiger partial charge < -0.3 is 14.2 Å². The summed E-state index contributed by atoms with van der Waals surface area (Å²) in [5.41, 5.74) is 2.73. The van der Waals surface area contributed by atoms with Gasteiger partial charge in [0.1, 0.15) is 22.1 Å². The zero-order valence-corrected chi connectivity index (χ0v) is 22.1. The van der Waals surface area contributed by atoms with Crippen molar-refractivity contribution in [1.82, 2.24) is 9.55 Å². The van der Waals surface area contributed by atoms with Crippen LogP contribution in [0.25, 0.3) is 15.9 Å². The minimum absolute atomic E-state index is 0.0676. The second kappa shape index (κ2) is 10.1. The molecule has 0 saturated carbocycles. The number of aryl methyl sites for hydroxylation is 3. The molecule has 2 aromatic heterocycles. The van der Waals surface area contributed by atoms with Crippen molar-refractivity contribution in [3.63, 3.8) is 0 Å². The van der Waals surface area contributed by atoms with E-state index in [9.17, 15) is 9.59 Å². The van der Waals surface area contributed by atoms with E-state index >= 15 is 0 Å². The molecule has 0 radical (unpaired) electrons. The van der Waals surface area contributed by atoms with Crippen molar-refractivity contribution in [2.24, 2.45) is 0 Å². The van der Waals surface area contributed by atoms with Crippen LogP contribution in [0.2, 0.25) is 0 Å². The van der Waals surface area contributed by atoms with Gasteiger partial charge in [-0.1, -0.05) is 17.8 Å². The molecule has 9 heteroatoms. The summed E-state index contributed by atoms with van der Waals surface area (Å²) in [5, 5.41) is 1.01. The molecule has 0 aliphatic carbocycles. The van der Waals surface area contributed by atoms with E-state index in [4.69, 9.17) is 19.2 Å².